The number of unbranched alkanes of at least 4 members (excludes halogenated alkanes) is 1. The third-order valence-corrected chi connectivity index (χ3v) is 5.43. The van der Waals surface area contributed by atoms with Crippen LogP contribution in [0.2, 0.25) is 0 Å². The minimum absolute atomic E-state index is 0.118. The number of nitrogens with one attached hydrogen (secondary N) is 2. The largest absolute Gasteiger partial charge is 0.493 e. The number of amides is 2. The standard InChI is InChI=1S/C26H42N2O5/c1-7-8-13-31-20-15-19(16-21(17-20)32-14-12-18(2)3)27-24(29)22-10-9-11-23(22)28-25(30)33-26(4,5)6/h15-18,22-23H,7-14H2,1-6H3,(H,27,29)(H,28,30)/t22-,23-/m0/s1. The average molecular weight is 463 g/mol. The molecule has 0 saturated heterocycles. The van der Waals surface area contributed by atoms with Crippen molar-refractivity contribution < 1.29 is 23.8 Å². The fraction of sp³-hybridized carbons (Fsp3) is 0.692. The summed E-state index contributed by atoms with van der Waals surface area (Å²) >= 11 is 0. The first-order valence-corrected chi connectivity index (χ1v) is 12.3. The van der Waals surface area contributed by atoms with Crippen molar-refractivity contribution in [2.24, 2.45) is 11.8 Å². The summed E-state index contributed by atoms with van der Waals surface area (Å²) in [7, 11) is 0. The molecule has 0 heterocycles. The molecule has 1 aliphatic rings. The summed E-state index contributed by atoms with van der Waals surface area (Å²) in [6.07, 6.45) is 4.81. The van der Waals surface area contributed by atoms with Crippen molar-refractivity contribution in [3.8, 4) is 11.5 Å². The Bertz CT molecular complexity index is 772. The number of benzene rings is 1. The number of alkyl carbamates (subject to hydrolysis) is 1. The van der Waals surface area contributed by atoms with E-state index >= 15 is 0 Å². The summed E-state index contributed by atoms with van der Waals surface area (Å²) in [5.74, 6) is 1.47. The maximum Gasteiger partial charge on any atom is 0.407 e. The molecule has 0 aromatic heterocycles. The molecule has 0 radical (unpaired) electrons. The SMILES string of the molecule is CCCCOc1cc(NC(=O)[C@H]2CCC[C@@H]2NC(=O)OC(C)(C)C)cc(OCCC(C)C)c1. The van der Waals surface area contributed by atoms with Gasteiger partial charge in [0.2, 0.25) is 5.91 Å². The Kier molecular flexibility index (Phi) is 10.3. The first kappa shape index (κ1) is 26.8. The maximum atomic E-state index is 13.1. The van der Waals surface area contributed by atoms with Crippen molar-refractivity contribution in [1.82, 2.24) is 5.32 Å². The molecule has 7 nitrogen and oxygen atoms in total. The van der Waals surface area contributed by atoms with Crippen LogP contribution in [0.25, 0.3) is 0 Å². The van der Waals surface area contributed by atoms with E-state index in [9.17, 15) is 9.59 Å². The Morgan fingerprint density at radius 3 is 2.33 bits per heavy atom. The number of ether oxygens (including phenoxy) is 3. The lowest BCUT2D eigenvalue weighted by atomic mass is 10.0. The molecule has 1 saturated carbocycles. The molecule has 2 rings (SSSR count). The van der Waals surface area contributed by atoms with E-state index in [1.54, 1.807) is 0 Å². The molecule has 0 unspecified atom stereocenters. The van der Waals surface area contributed by atoms with Crippen LogP contribution in [0.15, 0.2) is 18.2 Å². The summed E-state index contributed by atoms with van der Waals surface area (Å²) in [4.78, 5) is 25.3. The summed E-state index contributed by atoms with van der Waals surface area (Å²) < 4.78 is 17.2. The van der Waals surface area contributed by atoms with Crippen molar-refractivity contribution in [3.63, 3.8) is 0 Å². The smallest absolute Gasteiger partial charge is 0.407 e. The average Bonchev–Trinajstić information content (AvgIpc) is 3.14. The van der Waals surface area contributed by atoms with Gasteiger partial charge in [-0.15, -0.1) is 0 Å². The Morgan fingerprint density at radius 1 is 1.06 bits per heavy atom. The molecular weight excluding hydrogens is 420 g/mol. The Labute approximate surface area is 198 Å². The molecule has 1 aromatic rings. The van der Waals surface area contributed by atoms with Crippen LogP contribution in [0.1, 0.15) is 80.1 Å². The normalized spacial score (nSPS) is 18.2. The summed E-state index contributed by atoms with van der Waals surface area (Å²) in [5, 5.41) is 5.89. The molecule has 2 N–H and O–H groups in total. The van der Waals surface area contributed by atoms with Gasteiger partial charge in [-0.25, -0.2) is 4.79 Å². The molecule has 7 heteroatoms. The van der Waals surface area contributed by atoms with Gasteiger partial charge in [0.05, 0.1) is 19.1 Å². The van der Waals surface area contributed by atoms with Gasteiger partial charge in [-0.2, -0.15) is 0 Å². The molecule has 1 aromatic carbocycles. The molecular formula is C26H42N2O5. The number of carbonyl (C=O) groups excluding carboxylic acids is 2. The fourth-order valence-corrected chi connectivity index (χ4v) is 3.70. The predicted molar refractivity (Wildman–Crippen MR) is 131 cm³/mol. The van der Waals surface area contributed by atoms with Crippen LogP contribution in [0.4, 0.5) is 10.5 Å². The lowest BCUT2D eigenvalue weighted by Crippen LogP contribution is -2.44. The van der Waals surface area contributed by atoms with Crippen molar-refractivity contribution in [3.05, 3.63) is 18.2 Å². The van der Waals surface area contributed by atoms with Gasteiger partial charge in [0.15, 0.2) is 0 Å². The second-order valence-corrected chi connectivity index (χ2v) is 10.2. The van der Waals surface area contributed by atoms with Gasteiger partial charge in [0.1, 0.15) is 17.1 Å². The molecule has 2 amide bonds. The Hall–Kier alpha value is -2.44. The minimum atomic E-state index is -0.579. The van der Waals surface area contributed by atoms with E-state index in [0.717, 1.165) is 38.5 Å². The van der Waals surface area contributed by atoms with Gasteiger partial charge < -0.3 is 24.8 Å². The zero-order valence-electron chi connectivity index (χ0n) is 21.2. The van der Waals surface area contributed by atoms with Gasteiger partial charge in [0.25, 0.3) is 0 Å². The lowest BCUT2D eigenvalue weighted by molar-refractivity contribution is -0.120. The molecule has 0 spiro atoms. The first-order chi connectivity index (χ1) is 15.6. The lowest BCUT2D eigenvalue weighted by Gasteiger charge is -2.24. The highest BCUT2D eigenvalue weighted by Crippen LogP contribution is 2.30. The Morgan fingerprint density at radius 2 is 1.73 bits per heavy atom. The summed E-state index contributed by atoms with van der Waals surface area (Å²) in [5.41, 5.74) is 0.0569. The zero-order chi connectivity index (χ0) is 24.4. The summed E-state index contributed by atoms with van der Waals surface area (Å²) in [6.45, 7) is 13.1. The van der Waals surface area contributed by atoms with Crippen LogP contribution in [-0.4, -0.2) is 36.9 Å². The number of anilines is 1. The number of hydrogen-bond acceptors (Lipinski definition) is 5. The van der Waals surface area contributed by atoms with Crippen molar-refractivity contribution in [2.75, 3.05) is 18.5 Å². The summed E-state index contributed by atoms with van der Waals surface area (Å²) in [6, 6.07) is 5.28. The van der Waals surface area contributed by atoms with Crippen LogP contribution in [0.5, 0.6) is 11.5 Å². The molecule has 186 valence electrons. The van der Waals surface area contributed by atoms with E-state index in [4.69, 9.17) is 14.2 Å². The van der Waals surface area contributed by atoms with E-state index in [1.165, 1.54) is 0 Å². The number of hydrogen-bond donors (Lipinski definition) is 2. The topological polar surface area (TPSA) is 85.9 Å². The van der Waals surface area contributed by atoms with Gasteiger partial charge in [-0.1, -0.05) is 33.6 Å². The van der Waals surface area contributed by atoms with Crippen LogP contribution < -0.4 is 20.1 Å². The monoisotopic (exact) mass is 462 g/mol. The third-order valence-electron chi connectivity index (χ3n) is 5.43. The second kappa shape index (κ2) is 12.7. The number of carbonyl (C=O) groups is 2. The highest BCUT2D eigenvalue weighted by molar-refractivity contribution is 5.94. The van der Waals surface area contributed by atoms with Gasteiger partial charge >= 0.3 is 6.09 Å². The van der Waals surface area contributed by atoms with E-state index in [1.807, 2.05) is 39.0 Å². The van der Waals surface area contributed by atoms with Crippen molar-refractivity contribution in [1.29, 1.82) is 0 Å². The molecule has 2 atom stereocenters. The zero-order valence-corrected chi connectivity index (χ0v) is 21.2. The van der Waals surface area contributed by atoms with E-state index in [0.29, 0.717) is 36.3 Å². The van der Waals surface area contributed by atoms with Crippen LogP contribution in [-0.2, 0) is 9.53 Å². The van der Waals surface area contributed by atoms with Crippen LogP contribution in [0, 0.1) is 11.8 Å². The van der Waals surface area contributed by atoms with Crippen LogP contribution in [0.3, 0.4) is 0 Å². The highest BCUT2D eigenvalue weighted by atomic mass is 16.6. The van der Waals surface area contributed by atoms with E-state index < -0.39 is 11.7 Å². The minimum Gasteiger partial charge on any atom is -0.493 e. The highest BCUT2D eigenvalue weighted by Gasteiger charge is 2.35. The number of rotatable bonds is 11. The third kappa shape index (κ3) is 9.93. The van der Waals surface area contributed by atoms with E-state index in [2.05, 4.69) is 31.4 Å². The fourth-order valence-electron chi connectivity index (χ4n) is 3.70. The van der Waals surface area contributed by atoms with Crippen molar-refractivity contribution in [2.45, 2.75) is 91.7 Å². The second-order valence-electron chi connectivity index (χ2n) is 10.2. The van der Waals surface area contributed by atoms with Crippen molar-refractivity contribution >= 4 is 17.7 Å². The van der Waals surface area contributed by atoms with Gasteiger partial charge in [-0.3, -0.25) is 4.79 Å². The molecule has 0 bridgehead atoms. The molecule has 1 aliphatic carbocycles. The van der Waals surface area contributed by atoms with Gasteiger partial charge in [0, 0.05) is 29.9 Å². The molecule has 0 aliphatic heterocycles. The van der Waals surface area contributed by atoms with E-state index in [-0.39, 0.29) is 17.9 Å². The Balaban J connectivity index is 2.06. The first-order valence-electron chi connectivity index (χ1n) is 12.3. The molecule has 33 heavy (non-hydrogen) atoms. The molecule has 1 fully saturated rings. The van der Waals surface area contributed by atoms with Crippen LogP contribution >= 0.6 is 0 Å². The maximum absolute atomic E-state index is 13.1. The quantitative estimate of drug-likeness (QED) is 0.399. The van der Waals surface area contributed by atoms with Gasteiger partial charge in [-0.05, 0) is 52.4 Å². The predicted octanol–water partition coefficient (Wildman–Crippen LogP) is 5.92.